The van der Waals surface area contributed by atoms with E-state index < -0.39 is 28.8 Å². The van der Waals surface area contributed by atoms with Gasteiger partial charge in [0, 0.05) is 12.1 Å². The van der Waals surface area contributed by atoms with Crippen LogP contribution in [0.3, 0.4) is 0 Å². The van der Waals surface area contributed by atoms with E-state index in [1.54, 1.807) is 50.3 Å². The van der Waals surface area contributed by atoms with Crippen molar-refractivity contribution in [2.24, 2.45) is 0 Å². The third-order valence-electron chi connectivity index (χ3n) is 2.86. The van der Waals surface area contributed by atoms with E-state index in [0.717, 1.165) is 4.90 Å². The highest BCUT2D eigenvalue weighted by molar-refractivity contribution is 14.1. The van der Waals surface area contributed by atoms with Crippen LogP contribution in [0.15, 0.2) is 11.6 Å². The molecule has 0 aromatic carbocycles. The predicted octanol–water partition coefficient (Wildman–Crippen LogP) is 4.93. The highest BCUT2D eigenvalue weighted by Gasteiger charge is 2.37. The Balaban J connectivity index is 3.30. The molecule has 1 aromatic rings. The van der Waals surface area contributed by atoms with Crippen LogP contribution in [-0.4, -0.2) is 34.3 Å². The van der Waals surface area contributed by atoms with Crippen molar-refractivity contribution in [3.8, 4) is 0 Å². The van der Waals surface area contributed by atoms with Gasteiger partial charge in [0.15, 0.2) is 5.82 Å². The Hall–Kier alpha value is -1.37. The molecule has 0 bridgehead atoms. The van der Waals surface area contributed by atoms with Crippen molar-refractivity contribution in [3.63, 3.8) is 0 Å². The van der Waals surface area contributed by atoms with Gasteiger partial charge in [-0.3, -0.25) is 4.90 Å². The van der Waals surface area contributed by atoms with Crippen LogP contribution in [0.5, 0.6) is 0 Å². The van der Waals surface area contributed by atoms with Crippen molar-refractivity contribution in [3.05, 3.63) is 19.5 Å². The summed E-state index contributed by atoms with van der Waals surface area (Å²) in [5.74, 6) is -1.38. The molecular weight excluding hydrogens is 488 g/mol. The molecule has 1 rings (SSSR count). The maximum Gasteiger partial charge on any atom is 0.443 e. The van der Waals surface area contributed by atoms with E-state index in [0.29, 0.717) is 11.3 Å². The van der Waals surface area contributed by atoms with Gasteiger partial charge in [-0.25, -0.2) is 14.6 Å². The molecule has 0 aliphatic carbocycles. The van der Waals surface area contributed by atoms with Gasteiger partial charge in [0.25, 0.3) is 0 Å². The number of nitrogens with zero attached hydrogens (tertiary/aromatic N) is 2. The topological polar surface area (TPSA) is 79.7 Å². The Morgan fingerprint density at radius 3 is 2.31 bits per heavy atom. The van der Waals surface area contributed by atoms with Crippen LogP contribution in [0.1, 0.15) is 39.1 Å². The molecule has 1 heterocycles. The molecule has 0 spiro atoms. The van der Waals surface area contributed by atoms with E-state index in [9.17, 15) is 22.8 Å². The SMILES string of the molecule is CC/C(=C\CN(C(=O)OC(C)(C)C)c1nc(C(F)(F)F)sc1I)C(=O)O. The van der Waals surface area contributed by atoms with Gasteiger partial charge in [0.2, 0.25) is 5.01 Å². The van der Waals surface area contributed by atoms with Crippen LogP contribution in [0.4, 0.5) is 23.8 Å². The number of hydrogen-bond donors (Lipinski definition) is 1. The number of carboxylic acids is 1. The molecule has 6 nitrogen and oxygen atoms in total. The van der Waals surface area contributed by atoms with Crippen molar-refractivity contribution in [1.82, 2.24) is 4.98 Å². The van der Waals surface area contributed by atoms with E-state index >= 15 is 0 Å². The zero-order valence-electron chi connectivity index (χ0n) is 14.5. The minimum Gasteiger partial charge on any atom is -0.478 e. The first-order valence-electron chi connectivity index (χ1n) is 7.42. The molecule has 146 valence electrons. The summed E-state index contributed by atoms with van der Waals surface area (Å²) >= 11 is 2.05. The molecule has 0 saturated carbocycles. The minimum absolute atomic E-state index is 0.0276. The standard InChI is InChI=1S/C15H18F3IN2O4S/c1-5-8(11(22)23)6-7-21(13(24)25-14(2,3)4)10-9(19)26-12(20-10)15(16,17)18/h6H,5,7H2,1-4H3,(H,22,23)/b8-6+. The van der Waals surface area contributed by atoms with E-state index in [1.165, 1.54) is 6.08 Å². The molecule has 0 aliphatic heterocycles. The Morgan fingerprint density at radius 1 is 1.35 bits per heavy atom. The maximum absolute atomic E-state index is 12.9. The van der Waals surface area contributed by atoms with Crippen molar-refractivity contribution >= 4 is 51.8 Å². The van der Waals surface area contributed by atoms with Gasteiger partial charge in [-0.15, -0.1) is 11.3 Å². The smallest absolute Gasteiger partial charge is 0.443 e. The highest BCUT2D eigenvalue weighted by Crippen LogP contribution is 2.38. The largest absolute Gasteiger partial charge is 0.478 e. The number of amides is 1. The summed E-state index contributed by atoms with van der Waals surface area (Å²) in [6.45, 7) is 6.18. The van der Waals surface area contributed by atoms with Gasteiger partial charge in [0.1, 0.15) is 8.48 Å². The highest BCUT2D eigenvalue weighted by atomic mass is 127. The van der Waals surface area contributed by atoms with Gasteiger partial charge in [-0.1, -0.05) is 13.0 Å². The second-order valence-electron chi connectivity index (χ2n) is 6.09. The molecule has 0 atom stereocenters. The van der Waals surface area contributed by atoms with Crippen LogP contribution in [0.25, 0.3) is 0 Å². The van der Waals surface area contributed by atoms with Gasteiger partial charge >= 0.3 is 18.2 Å². The van der Waals surface area contributed by atoms with Gasteiger partial charge in [0.05, 0.1) is 0 Å². The fraction of sp³-hybridized carbons (Fsp3) is 0.533. The van der Waals surface area contributed by atoms with Crippen molar-refractivity contribution in [2.45, 2.75) is 45.9 Å². The van der Waals surface area contributed by atoms with E-state index in [1.807, 2.05) is 0 Å². The number of carboxylic acid groups (broad SMARTS) is 1. The monoisotopic (exact) mass is 506 g/mol. The second-order valence-corrected chi connectivity index (χ2v) is 8.90. The predicted molar refractivity (Wildman–Crippen MR) is 99.4 cm³/mol. The third-order valence-corrected chi connectivity index (χ3v) is 4.88. The fourth-order valence-corrected chi connectivity index (χ4v) is 3.43. The maximum atomic E-state index is 12.9. The molecule has 1 N–H and O–H groups in total. The number of aliphatic carboxylic acids is 1. The van der Waals surface area contributed by atoms with Crippen LogP contribution < -0.4 is 4.90 Å². The molecular formula is C15H18F3IN2O4S. The molecule has 26 heavy (non-hydrogen) atoms. The number of rotatable bonds is 5. The number of thiazole rings is 1. The van der Waals surface area contributed by atoms with Crippen LogP contribution in [0.2, 0.25) is 0 Å². The molecule has 0 aliphatic rings. The third kappa shape index (κ3) is 6.41. The summed E-state index contributed by atoms with van der Waals surface area (Å²) < 4.78 is 44.1. The Kier molecular flexibility index (Phi) is 7.45. The average Bonchev–Trinajstić information content (AvgIpc) is 2.83. The summed E-state index contributed by atoms with van der Waals surface area (Å²) in [4.78, 5) is 28.0. The quantitative estimate of drug-likeness (QED) is 0.453. The zero-order chi connectivity index (χ0) is 20.3. The molecule has 0 fully saturated rings. The Labute approximate surface area is 166 Å². The summed E-state index contributed by atoms with van der Waals surface area (Å²) in [5, 5.41) is 7.99. The molecule has 1 aromatic heterocycles. The number of ether oxygens (including phenoxy) is 1. The summed E-state index contributed by atoms with van der Waals surface area (Å²) in [7, 11) is 0. The van der Waals surface area contributed by atoms with E-state index in [2.05, 4.69) is 4.98 Å². The summed E-state index contributed by atoms with van der Waals surface area (Å²) in [6, 6.07) is 0. The first-order valence-corrected chi connectivity index (χ1v) is 9.32. The molecule has 0 unspecified atom stereocenters. The van der Waals surface area contributed by atoms with E-state index in [4.69, 9.17) is 9.84 Å². The van der Waals surface area contributed by atoms with Crippen molar-refractivity contribution in [2.75, 3.05) is 11.4 Å². The van der Waals surface area contributed by atoms with Crippen molar-refractivity contribution < 1.29 is 32.6 Å². The van der Waals surface area contributed by atoms with Gasteiger partial charge in [-0.05, 0) is 49.8 Å². The second kappa shape index (κ2) is 8.55. The fourth-order valence-electron chi connectivity index (χ4n) is 1.73. The lowest BCUT2D eigenvalue weighted by molar-refractivity contribution is -0.137. The zero-order valence-corrected chi connectivity index (χ0v) is 17.5. The van der Waals surface area contributed by atoms with E-state index in [-0.39, 0.29) is 27.2 Å². The lowest BCUT2D eigenvalue weighted by atomic mass is 10.2. The molecule has 0 radical (unpaired) electrons. The number of anilines is 1. The lowest BCUT2D eigenvalue weighted by Crippen LogP contribution is -2.38. The van der Waals surface area contributed by atoms with Gasteiger partial charge < -0.3 is 9.84 Å². The van der Waals surface area contributed by atoms with Crippen LogP contribution in [0, 0.1) is 2.88 Å². The molecule has 1 amide bonds. The average molecular weight is 506 g/mol. The number of aromatic nitrogens is 1. The Bertz CT molecular complexity index is 711. The number of halogens is 4. The summed E-state index contributed by atoms with van der Waals surface area (Å²) in [5.41, 5.74) is -0.854. The number of alkyl halides is 3. The first-order chi connectivity index (χ1) is 11.8. The number of hydrogen-bond acceptors (Lipinski definition) is 5. The Morgan fingerprint density at radius 2 is 1.92 bits per heavy atom. The van der Waals surface area contributed by atoms with Crippen LogP contribution >= 0.6 is 33.9 Å². The summed E-state index contributed by atoms with van der Waals surface area (Å²) in [6.07, 6.45) is -4.10. The van der Waals surface area contributed by atoms with Crippen molar-refractivity contribution in [1.29, 1.82) is 0 Å². The number of carbonyl (C=O) groups excluding carboxylic acids is 1. The lowest BCUT2D eigenvalue weighted by Gasteiger charge is -2.25. The minimum atomic E-state index is -4.64. The normalized spacial score (nSPS) is 12.8. The molecule has 0 saturated heterocycles. The van der Waals surface area contributed by atoms with Crippen LogP contribution in [-0.2, 0) is 15.7 Å². The first kappa shape index (κ1) is 22.7. The molecule has 11 heteroatoms. The number of carbonyl (C=O) groups is 2. The van der Waals surface area contributed by atoms with Gasteiger partial charge in [-0.2, -0.15) is 13.2 Å².